The van der Waals surface area contributed by atoms with Crippen molar-refractivity contribution in [1.82, 2.24) is 14.8 Å². The Labute approximate surface area is 130 Å². The molecule has 0 radical (unpaired) electrons. The lowest BCUT2D eigenvalue weighted by Gasteiger charge is -2.05. The molecule has 0 fully saturated rings. The number of aromatic nitrogens is 3. The van der Waals surface area contributed by atoms with Crippen LogP contribution in [-0.2, 0) is 7.05 Å². The first-order chi connectivity index (χ1) is 9.95. The SMILES string of the molecule is Cc1nc2ccc(NC(=O)c3c(C)nn(C)c3Cl)cc2s1. The van der Waals surface area contributed by atoms with E-state index in [1.807, 2.05) is 25.1 Å². The molecule has 5 nitrogen and oxygen atoms in total. The monoisotopic (exact) mass is 320 g/mol. The lowest BCUT2D eigenvalue weighted by Crippen LogP contribution is -2.13. The number of carbonyl (C=O) groups is 1. The molecule has 108 valence electrons. The quantitative estimate of drug-likeness (QED) is 0.785. The molecule has 1 N–H and O–H groups in total. The number of thiazole rings is 1. The van der Waals surface area contributed by atoms with Crippen molar-refractivity contribution in [1.29, 1.82) is 0 Å². The van der Waals surface area contributed by atoms with E-state index in [2.05, 4.69) is 15.4 Å². The fourth-order valence-electron chi connectivity index (χ4n) is 2.20. The van der Waals surface area contributed by atoms with Crippen molar-refractivity contribution >= 4 is 44.7 Å². The van der Waals surface area contributed by atoms with Crippen LogP contribution in [0.3, 0.4) is 0 Å². The number of benzene rings is 1. The Bertz CT molecular complexity index is 852. The van der Waals surface area contributed by atoms with Crippen LogP contribution in [0.15, 0.2) is 18.2 Å². The number of hydrogen-bond donors (Lipinski definition) is 1. The molecule has 1 amide bonds. The van der Waals surface area contributed by atoms with Gasteiger partial charge in [0.1, 0.15) is 5.15 Å². The van der Waals surface area contributed by atoms with E-state index >= 15 is 0 Å². The van der Waals surface area contributed by atoms with Crippen molar-refractivity contribution in [2.75, 3.05) is 5.32 Å². The summed E-state index contributed by atoms with van der Waals surface area (Å²) in [6.45, 7) is 3.72. The largest absolute Gasteiger partial charge is 0.322 e. The van der Waals surface area contributed by atoms with Crippen LogP contribution in [0.4, 0.5) is 5.69 Å². The Morgan fingerprint density at radius 2 is 2.14 bits per heavy atom. The number of halogens is 1. The minimum atomic E-state index is -0.258. The second-order valence-electron chi connectivity index (χ2n) is 4.74. The summed E-state index contributed by atoms with van der Waals surface area (Å²) in [5, 5.41) is 8.33. The molecular formula is C14H13ClN4OS. The maximum atomic E-state index is 12.3. The normalized spacial score (nSPS) is 11.0. The van der Waals surface area contributed by atoms with Crippen molar-refractivity contribution in [3.05, 3.63) is 39.6 Å². The summed E-state index contributed by atoms with van der Waals surface area (Å²) < 4.78 is 2.53. The summed E-state index contributed by atoms with van der Waals surface area (Å²) >= 11 is 7.70. The van der Waals surface area contributed by atoms with Crippen molar-refractivity contribution in [3.63, 3.8) is 0 Å². The van der Waals surface area contributed by atoms with Crippen LogP contribution < -0.4 is 5.32 Å². The minimum absolute atomic E-state index is 0.258. The first-order valence-electron chi connectivity index (χ1n) is 6.33. The number of nitrogens with zero attached hydrogens (tertiary/aromatic N) is 3. The summed E-state index contributed by atoms with van der Waals surface area (Å²) in [6.07, 6.45) is 0. The zero-order valence-electron chi connectivity index (χ0n) is 11.8. The number of amides is 1. The summed E-state index contributed by atoms with van der Waals surface area (Å²) in [4.78, 5) is 16.7. The predicted octanol–water partition coefficient (Wildman–Crippen LogP) is 3.55. The number of rotatable bonds is 2. The molecule has 3 aromatic rings. The van der Waals surface area contributed by atoms with Gasteiger partial charge in [-0.3, -0.25) is 9.48 Å². The highest BCUT2D eigenvalue weighted by molar-refractivity contribution is 7.18. The fraction of sp³-hybridized carbons (Fsp3) is 0.214. The van der Waals surface area contributed by atoms with Gasteiger partial charge in [-0.2, -0.15) is 5.10 Å². The van der Waals surface area contributed by atoms with Gasteiger partial charge in [0.2, 0.25) is 0 Å². The van der Waals surface area contributed by atoms with E-state index in [0.717, 1.165) is 20.9 Å². The molecule has 2 heterocycles. The Morgan fingerprint density at radius 3 is 2.81 bits per heavy atom. The van der Waals surface area contributed by atoms with Crippen molar-refractivity contribution in [3.8, 4) is 0 Å². The van der Waals surface area contributed by atoms with Crippen molar-refractivity contribution in [2.45, 2.75) is 13.8 Å². The molecule has 0 aliphatic heterocycles. The van der Waals surface area contributed by atoms with E-state index in [0.29, 0.717) is 16.4 Å². The minimum Gasteiger partial charge on any atom is -0.322 e. The maximum absolute atomic E-state index is 12.3. The molecule has 0 bridgehead atoms. The Morgan fingerprint density at radius 1 is 1.38 bits per heavy atom. The molecule has 0 atom stereocenters. The number of fused-ring (bicyclic) bond motifs is 1. The Balaban J connectivity index is 1.92. The number of aryl methyl sites for hydroxylation is 3. The number of anilines is 1. The average Bonchev–Trinajstić information content (AvgIpc) is 2.88. The molecule has 2 aromatic heterocycles. The fourth-order valence-corrected chi connectivity index (χ4v) is 3.33. The van der Waals surface area contributed by atoms with Gasteiger partial charge in [0, 0.05) is 12.7 Å². The molecule has 1 aromatic carbocycles. The van der Waals surface area contributed by atoms with E-state index in [1.165, 1.54) is 4.68 Å². The first kappa shape index (κ1) is 14.0. The predicted molar refractivity (Wildman–Crippen MR) is 85.3 cm³/mol. The molecule has 0 spiro atoms. The van der Waals surface area contributed by atoms with Gasteiger partial charge in [-0.25, -0.2) is 4.98 Å². The molecule has 3 rings (SSSR count). The third-order valence-corrected chi connectivity index (χ3v) is 4.50. The lowest BCUT2D eigenvalue weighted by atomic mass is 10.2. The van der Waals surface area contributed by atoms with Crippen LogP contribution in [0.25, 0.3) is 10.2 Å². The zero-order chi connectivity index (χ0) is 15.1. The molecule has 7 heteroatoms. The van der Waals surface area contributed by atoms with E-state index in [1.54, 1.807) is 25.3 Å². The summed E-state index contributed by atoms with van der Waals surface area (Å²) in [5.41, 5.74) is 2.66. The van der Waals surface area contributed by atoms with Crippen molar-refractivity contribution in [2.24, 2.45) is 7.05 Å². The summed E-state index contributed by atoms with van der Waals surface area (Å²) in [5.74, 6) is -0.258. The van der Waals surface area contributed by atoms with Crippen LogP contribution in [0.5, 0.6) is 0 Å². The molecule has 0 aliphatic carbocycles. The molecular weight excluding hydrogens is 308 g/mol. The summed E-state index contributed by atoms with van der Waals surface area (Å²) in [6, 6.07) is 5.64. The van der Waals surface area contributed by atoms with Crippen LogP contribution >= 0.6 is 22.9 Å². The first-order valence-corrected chi connectivity index (χ1v) is 7.53. The molecule has 0 aliphatic rings. The average molecular weight is 321 g/mol. The van der Waals surface area contributed by atoms with Gasteiger partial charge in [0.25, 0.3) is 5.91 Å². The lowest BCUT2D eigenvalue weighted by molar-refractivity contribution is 0.102. The highest BCUT2D eigenvalue weighted by Crippen LogP contribution is 2.26. The molecule has 21 heavy (non-hydrogen) atoms. The maximum Gasteiger partial charge on any atom is 0.260 e. The number of hydrogen-bond acceptors (Lipinski definition) is 4. The number of carbonyl (C=O) groups excluding carboxylic acids is 1. The van der Waals surface area contributed by atoms with Gasteiger partial charge in [-0.05, 0) is 32.0 Å². The summed E-state index contributed by atoms with van der Waals surface area (Å²) in [7, 11) is 1.71. The molecule has 0 saturated carbocycles. The van der Waals surface area contributed by atoms with Gasteiger partial charge in [0.05, 0.1) is 26.5 Å². The van der Waals surface area contributed by atoms with Gasteiger partial charge >= 0.3 is 0 Å². The highest BCUT2D eigenvalue weighted by Gasteiger charge is 2.19. The Hall–Kier alpha value is -1.92. The third kappa shape index (κ3) is 2.52. The zero-order valence-corrected chi connectivity index (χ0v) is 13.3. The smallest absolute Gasteiger partial charge is 0.260 e. The van der Waals surface area contributed by atoms with Crippen LogP contribution in [-0.4, -0.2) is 20.7 Å². The van der Waals surface area contributed by atoms with Gasteiger partial charge in [-0.1, -0.05) is 11.6 Å². The number of nitrogens with one attached hydrogen (secondary N) is 1. The standard InChI is InChI=1S/C14H13ClN4OS/c1-7-12(13(15)19(3)18-7)14(20)17-9-4-5-10-11(6-9)21-8(2)16-10/h4-6H,1-3H3,(H,17,20). The second kappa shape index (κ2) is 5.13. The van der Waals surface area contributed by atoms with Crippen LogP contribution in [0.1, 0.15) is 21.1 Å². The van der Waals surface area contributed by atoms with E-state index in [4.69, 9.17) is 11.6 Å². The van der Waals surface area contributed by atoms with Crippen LogP contribution in [0, 0.1) is 13.8 Å². The van der Waals surface area contributed by atoms with Gasteiger partial charge in [-0.15, -0.1) is 11.3 Å². The topological polar surface area (TPSA) is 59.8 Å². The highest BCUT2D eigenvalue weighted by atomic mass is 35.5. The second-order valence-corrected chi connectivity index (χ2v) is 6.34. The molecule has 0 unspecified atom stereocenters. The molecule has 0 saturated heterocycles. The Kier molecular flexibility index (Phi) is 3.43. The van der Waals surface area contributed by atoms with E-state index < -0.39 is 0 Å². The van der Waals surface area contributed by atoms with Crippen molar-refractivity contribution < 1.29 is 4.79 Å². The van der Waals surface area contributed by atoms with E-state index in [9.17, 15) is 4.79 Å². The third-order valence-electron chi connectivity index (χ3n) is 3.13. The van der Waals surface area contributed by atoms with Gasteiger partial charge < -0.3 is 5.32 Å². The van der Waals surface area contributed by atoms with Gasteiger partial charge in [0.15, 0.2) is 0 Å². The van der Waals surface area contributed by atoms with Crippen LogP contribution in [0.2, 0.25) is 5.15 Å². The van der Waals surface area contributed by atoms with E-state index in [-0.39, 0.29) is 5.91 Å².